The Morgan fingerprint density at radius 1 is 1.05 bits per heavy atom. The summed E-state index contributed by atoms with van der Waals surface area (Å²) in [6, 6.07) is 18.2. The molecule has 0 fully saturated rings. The van der Waals surface area contributed by atoms with Crippen molar-refractivity contribution < 1.29 is 4.74 Å². The first kappa shape index (κ1) is 15.1. The predicted molar refractivity (Wildman–Crippen MR) is 84.1 cm³/mol. The van der Waals surface area contributed by atoms with Gasteiger partial charge in [0.1, 0.15) is 5.75 Å². The molecule has 0 spiro atoms. The molecule has 0 aliphatic heterocycles. The quantitative estimate of drug-likeness (QED) is 0.901. The average Bonchev–Trinajstić information content (AvgIpc) is 2.54. The number of methoxy groups -OCH3 is 1. The predicted octanol–water partition coefficient (Wildman–Crippen LogP) is 3.98. The summed E-state index contributed by atoms with van der Waals surface area (Å²) in [5.74, 6) is 0.885. The van der Waals surface area contributed by atoms with E-state index >= 15 is 0 Å². The molecule has 108 valence electrons. The average molecular weight is 280 g/mol. The van der Waals surface area contributed by atoms with E-state index in [-0.39, 0.29) is 12.1 Å². The van der Waals surface area contributed by atoms with E-state index in [2.05, 4.69) is 31.3 Å². The summed E-state index contributed by atoms with van der Waals surface area (Å²) >= 11 is 0. The maximum atomic E-state index is 8.99. The molecule has 0 saturated carbocycles. The van der Waals surface area contributed by atoms with Gasteiger partial charge in [0.2, 0.25) is 0 Å². The van der Waals surface area contributed by atoms with Gasteiger partial charge in [0, 0.05) is 17.6 Å². The maximum Gasteiger partial charge on any atom is 0.123 e. The Bertz CT molecular complexity index is 646. The molecule has 0 radical (unpaired) electrons. The van der Waals surface area contributed by atoms with Crippen LogP contribution in [-0.2, 0) is 0 Å². The van der Waals surface area contributed by atoms with Crippen LogP contribution in [0.3, 0.4) is 0 Å². The fourth-order valence-electron chi connectivity index (χ4n) is 2.46. The van der Waals surface area contributed by atoms with E-state index in [1.165, 1.54) is 0 Å². The molecule has 2 rings (SSSR count). The Kier molecular flexibility index (Phi) is 4.97. The highest BCUT2D eigenvalue weighted by Crippen LogP contribution is 2.26. The van der Waals surface area contributed by atoms with Gasteiger partial charge in [0.25, 0.3) is 0 Å². The number of para-hydroxylation sites is 1. The van der Waals surface area contributed by atoms with Gasteiger partial charge in [-0.25, -0.2) is 0 Å². The number of hydrogen-bond donors (Lipinski definition) is 1. The summed E-state index contributed by atoms with van der Waals surface area (Å²) in [6.45, 7) is 4.21. The van der Waals surface area contributed by atoms with Gasteiger partial charge < -0.3 is 10.1 Å². The highest BCUT2D eigenvalue weighted by molar-refractivity contribution is 5.37. The van der Waals surface area contributed by atoms with Crippen LogP contribution in [0.1, 0.15) is 42.6 Å². The van der Waals surface area contributed by atoms with Crippen LogP contribution in [0.4, 0.5) is 0 Å². The minimum Gasteiger partial charge on any atom is -0.496 e. The summed E-state index contributed by atoms with van der Waals surface area (Å²) in [4.78, 5) is 0. The molecule has 0 bridgehead atoms. The second-order valence-electron chi connectivity index (χ2n) is 5.09. The molecule has 1 N–H and O–H groups in total. The number of nitrogens with zero attached hydrogens (tertiary/aromatic N) is 1. The highest BCUT2D eigenvalue weighted by Gasteiger charge is 2.14. The van der Waals surface area contributed by atoms with Crippen LogP contribution >= 0.6 is 0 Å². The van der Waals surface area contributed by atoms with Gasteiger partial charge in [0.15, 0.2) is 0 Å². The molecule has 1 unspecified atom stereocenters. The number of rotatable bonds is 5. The minimum atomic E-state index is 0.151. The normalized spacial score (nSPS) is 13.2. The monoisotopic (exact) mass is 280 g/mol. The number of benzene rings is 2. The van der Waals surface area contributed by atoms with E-state index in [1.54, 1.807) is 7.11 Å². The Morgan fingerprint density at radius 2 is 1.81 bits per heavy atom. The van der Waals surface area contributed by atoms with Crippen LogP contribution in [0.25, 0.3) is 0 Å². The fraction of sp³-hybridized carbons (Fsp3) is 0.278. The van der Waals surface area contributed by atoms with E-state index in [9.17, 15) is 0 Å². The third-order valence-electron chi connectivity index (χ3n) is 3.62. The summed E-state index contributed by atoms with van der Waals surface area (Å²) < 4.78 is 5.41. The van der Waals surface area contributed by atoms with Crippen LogP contribution in [0.2, 0.25) is 0 Å². The second-order valence-corrected chi connectivity index (χ2v) is 5.09. The molecular weight excluding hydrogens is 260 g/mol. The number of nitrogens with one attached hydrogen (secondary N) is 1. The van der Waals surface area contributed by atoms with Crippen molar-refractivity contribution in [3.63, 3.8) is 0 Å². The Balaban J connectivity index is 2.15. The lowest BCUT2D eigenvalue weighted by molar-refractivity contribution is 0.396. The SMILES string of the molecule is COc1ccccc1[C@H](C)NC(C)c1cccc(C#N)c1. The summed E-state index contributed by atoms with van der Waals surface area (Å²) in [5, 5.41) is 12.5. The number of hydrogen-bond acceptors (Lipinski definition) is 3. The second kappa shape index (κ2) is 6.92. The molecule has 0 heterocycles. The first-order chi connectivity index (χ1) is 10.2. The van der Waals surface area contributed by atoms with Crippen molar-refractivity contribution in [2.45, 2.75) is 25.9 Å². The molecule has 3 nitrogen and oxygen atoms in total. The van der Waals surface area contributed by atoms with Crippen LogP contribution in [0.15, 0.2) is 48.5 Å². The number of nitriles is 1. The van der Waals surface area contributed by atoms with Crippen LogP contribution in [0.5, 0.6) is 5.75 Å². The first-order valence-electron chi connectivity index (χ1n) is 7.04. The van der Waals surface area contributed by atoms with Gasteiger partial charge in [-0.15, -0.1) is 0 Å². The fourth-order valence-corrected chi connectivity index (χ4v) is 2.46. The largest absolute Gasteiger partial charge is 0.496 e. The van der Waals surface area contributed by atoms with Crippen molar-refractivity contribution >= 4 is 0 Å². The van der Waals surface area contributed by atoms with Gasteiger partial charge in [-0.05, 0) is 37.6 Å². The van der Waals surface area contributed by atoms with Gasteiger partial charge in [-0.3, -0.25) is 0 Å². The summed E-state index contributed by atoms with van der Waals surface area (Å²) in [6.07, 6.45) is 0. The third-order valence-corrected chi connectivity index (χ3v) is 3.62. The van der Waals surface area contributed by atoms with E-state index < -0.39 is 0 Å². The van der Waals surface area contributed by atoms with Crippen LogP contribution < -0.4 is 10.1 Å². The minimum absolute atomic E-state index is 0.151. The molecule has 21 heavy (non-hydrogen) atoms. The summed E-state index contributed by atoms with van der Waals surface area (Å²) in [7, 11) is 1.69. The van der Waals surface area contributed by atoms with Gasteiger partial charge in [-0.2, -0.15) is 5.26 Å². The standard InChI is InChI=1S/C18H20N2O/c1-13(16-8-6-7-15(11-16)12-19)20-14(2)17-9-4-5-10-18(17)21-3/h4-11,13-14,20H,1-3H3/t13?,14-/m0/s1. The zero-order chi connectivity index (χ0) is 15.2. The van der Waals surface area contributed by atoms with Gasteiger partial charge >= 0.3 is 0 Å². The molecular formula is C18H20N2O. The van der Waals surface area contributed by atoms with E-state index in [1.807, 2.05) is 42.5 Å². The molecule has 0 aliphatic rings. The zero-order valence-corrected chi connectivity index (χ0v) is 12.6. The van der Waals surface area contributed by atoms with Crippen molar-refractivity contribution in [1.29, 1.82) is 5.26 Å². The van der Waals surface area contributed by atoms with Gasteiger partial charge in [0.05, 0.1) is 18.7 Å². The summed E-state index contributed by atoms with van der Waals surface area (Å²) in [5.41, 5.74) is 2.92. The molecule has 3 heteroatoms. The first-order valence-corrected chi connectivity index (χ1v) is 7.04. The third kappa shape index (κ3) is 3.62. The van der Waals surface area contributed by atoms with Crippen molar-refractivity contribution in [3.8, 4) is 11.8 Å². The van der Waals surface area contributed by atoms with E-state index in [0.29, 0.717) is 5.56 Å². The van der Waals surface area contributed by atoms with Crippen molar-refractivity contribution in [1.82, 2.24) is 5.32 Å². The lowest BCUT2D eigenvalue weighted by Gasteiger charge is -2.22. The molecule has 2 aromatic carbocycles. The molecule has 2 atom stereocenters. The molecule has 0 aliphatic carbocycles. The Morgan fingerprint density at radius 3 is 2.52 bits per heavy atom. The zero-order valence-electron chi connectivity index (χ0n) is 12.6. The molecule has 0 aromatic heterocycles. The molecule has 0 amide bonds. The maximum absolute atomic E-state index is 8.99. The number of ether oxygens (including phenoxy) is 1. The Labute approximate surface area is 126 Å². The van der Waals surface area contributed by atoms with Crippen LogP contribution in [-0.4, -0.2) is 7.11 Å². The molecule has 2 aromatic rings. The van der Waals surface area contributed by atoms with Crippen LogP contribution in [0, 0.1) is 11.3 Å². The topological polar surface area (TPSA) is 45.0 Å². The van der Waals surface area contributed by atoms with Crippen molar-refractivity contribution in [2.24, 2.45) is 0 Å². The highest BCUT2D eigenvalue weighted by atomic mass is 16.5. The lowest BCUT2D eigenvalue weighted by Crippen LogP contribution is -2.23. The van der Waals surface area contributed by atoms with E-state index in [4.69, 9.17) is 10.00 Å². The smallest absolute Gasteiger partial charge is 0.123 e. The Hall–Kier alpha value is -2.31. The molecule has 0 saturated heterocycles. The van der Waals surface area contributed by atoms with Gasteiger partial charge in [-0.1, -0.05) is 30.3 Å². The van der Waals surface area contributed by atoms with E-state index in [0.717, 1.165) is 16.9 Å². The lowest BCUT2D eigenvalue weighted by atomic mass is 10.0. The van der Waals surface area contributed by atoms with Crippen molar-refractivity contribution in [2.75, 3.05) is 7.11 Å². The van der Waals surface area contributed by atoms with Crippen molar-refractivity contribution in [3.05, 3.63) is 65.2 Å².